The van der Waals surface area contributed by atoms with Crippen LogP contribution in [-0.2, 0) is 4.74 Å². The summed E-state index contributed by atoms with van der Waals surface area (Å²) >= 11 is 1.25. The van der Waals surface area contributed by atoms with Crippen molar-refractivity contribution in [3.8, 4) is 0 Å². The first-order chi connectivity index (χ1) is 12.0. The second-order valence-corrected chi connectivity index (χ2v) is 6.11. The van der Waals surface area contributed by atoms with Crippen LogP contribution in [0.15, 0.2) is 30.6 Å². The van der Waals surface area contributed by atoms with Gasteiger partial charge in [-0.25, -0.2) is 14.8 Å². The molecule has 0 atom stereocenters. The summed E-state index contributed by atoms with van der Waals surface area (Å²) in [5.41, 5.74) is 1.40. The van der Waals surface area contributed by atoms with Crippen LogP contribution in [0.25, 0.3) is 10.2 Å². The Balaban J connectivity index is 1.99. The van der Waals surface area contributed by atoms with E-state index in [0.717, 1.165) is 10.9 Å². The van der Waals surface area contributed by atoms with E-state index in [9.17, 15) is 14.9 Å². The van der Waals surface area contributed by atoms with Crippen LogP contribution in [0.2, 0.25) is 0 Å². The number of thiophene rings is 1. The molecule has 2 heterocycles. The molecule has 0 amide bonds. The lowest BCUT2D eigenvalue weighted by Gasteiger charge is -2.07. The Morgan fingerprint density at radius 2 is 2.04 bits per heavy atom. The quantitative estimate of drug-likeness (QED) is 0.419. The highest BCUT2D eigenvalue weighted by molar-refractivity contribution is 7.20. The van der Waals surface area contributed by atoms with Gasteiger partial charge in [0.2, 0.25) is 0 Å². The fourth-order valence-electron chi connectivity index (χ4n) is 2.36. The molecule has 0 radical (unpaired) electrons. The highest BCUT2D eigenvalue weighted by atomic mass is 32.1. The summed E-state index contributed by atoms with van der Waals surface area (Å²) in [4.78, 5) is 31.9. The van der Waals surface area contributed by atoms with Crippen molar-refractivity contribution in [1.82, 2.24) is 9.97 Å². The van der Waals surface area contributed by atoms with Gasteiger partial charge in [-0.15, -0.1) is 11.3 Å². The zero-order valence-electron chi connectivity index (χ0n) is 13.5. The lowest BCUT2D eigenvalue weighted by atomic mass is 10.2. The molecule has 0 fully saturated rings. The van der Waals surface area contributed by atoms with E-state index in [1.807, 2.05) is 6.92 Å². The normalized spacial score (nSPS) is 10.6. The topological polar surface area (TPSA) is 107 Å². The minimum Gasteiger partial charge on any atom is -0.462 e. The van der Waals surface area contributed by atoms with Gasteiger partial charge in [0.05, 0.1) is 16.9 Å². The SMILES string of the molecule is CCOC(=O)c1sc2ncnc(Nc3ccc([N+](=O)[O-])cc3)c2c1C. The number of non-ortho nitro benzene ring substituents is 1. The van der Waals surface area contributed by atoms with Crippen molar-refractivity contribution in [1.29, 1.82) is 0 Å². The van der Waals surface area contributed by atoms with Crippen LogP contribution >= 0.6 is 11.3 Å². The van der Waals surface area contributed by atoms with E-state index < -0.39 is 4.92 Å². The molecule has 3 rings (SSSR count). The van der Waals surface area contributed by atoms with Gasteiger partial charge in [-0.3, -0.25) is 10.1 Å². The number of ether oxygens (including phenoxy) is 1. The van der Waals surface area contributed by atoms with Gasteiger partial charge < -0.3 is 10.1 Å². The van der Waals surface area contributed by atoms with Crippen LogP contribution in [-0.4, -0.2) is 27.5 Å². The maximum atomic E-state index is 12.1. The Kier molecular flexibility index (Phi) is 4.57. The van der Waals surface area contributed by atoms with Crippen molar-refractivity contribution >= 4 is 44.7 Å². The second kappa shape index (κ2) is 6.81. The van der Waals surface area contributed by atoms with Crippen LogP contribution < -0.4 is 5.32 Å². The van der Waals surface area contributed by atoms with Crippen LogP contribution in [0.4, 0.5) is 17.2 Å². The molecule has 0 aliphatic rings. The number of carbonyl (C=O) groups excluding carboxylic acids is 1. The third kappa shape index (κ3) is 3.26. The molecular weight excluding hydrogens is 344 g/mol. The van der Waals surface area contributed by atoms with Gasteiger partial charge in [-0.1, -0.05) is 0 Å². The molecule has 128 valence electrons. The number of nitro benzene ring substituents is 1. The largest absolute Gasteiger partial charge is 0.462 e. The molecule has 1 aromatic carbocycles. The molecular formula is C16H14N4O4S. The molecule has 1 N–H and O–H groups in total. The van der Waals surface area contributed by atoms with Gasteiger partial charge in [0.1, 0.15) is 21.9 Å². The van der Waals surface area contributed by atoms with Crippen molar-refractivity contribution in [2.45, 2.75) is 13.8 Å². The average molecular weight is 358 g/mol. The van der Waals surface area contributed by atoms with E-state index >= 15 is 0 Å². The molecule has 0 saturated heterocycles. The minimum absolute atomic E-state index is 0.00898. The number of hydrogen-bond donors (Lipinski definition) is 1. The smallest absolute Gasteiger partial charge is 0.348 e. The van der Waals surface area contributed by atoms with Crippen LogP contribution in [0.5, 0.6) is 0 Å². The number of aromatic nitrogens is 2. The van der Waals surface area contributed by atoms with Crippen LogP contribution in [0.3, 0.4) is 0 Å². The number of hydrogen-bond acceptors (Lipinski definition) is 8. The summed E-state index contributed by atoms with van der Waals surface area (Å²) in [6.45, 7) is 3.86. The predicted molar refractivity (Wildman–Crippen MR) is 94.5 cm³/mol. The van der Waals surface area contributed by atoms with Gasteiger partial charge >= 0.3 is 5.97 Å². The zero-order valence-corrected chi connectivity index (χ0v) is 14.3. The van der Waals surface area contributed by atoms with Crippen LogP contribution in [0, 0.1) is 17.0 Å². The third-order valence-corrected chi connectivity index (χ3v) is 4.71. The highest BCUT2D eigenvalue weighted by Gasteiger charge is 2.20. The lowest BCUT2D eigenvalue weighted by Crippen LogP contribution is -2.03. The highest BCUT2D eigenvalue weighted by Crippen LogP contribution is 2.35. The summed E-state index contributed by atoms with van der Waals surface area (Å²) in [5.74, 6) is 0.146. The average Bonchev–Trinajstić information content (AvgIpc) is 2.94. The molecule has 0 aliphatic heterocycles. The first kappa shape index (κ1) is 16.8. The fraction of sp³-hybridized carbons (Fsp3) is 0.188. The summed E-state index contributed by atoms with van der Waals surface area (Å²) in [7, 11) is 0. The van der Waals surface area contributed by atoms with Crippen molar-refractivity contribution < 1.29 is 14.5 Å². The molecule has 0 bridgehead atoms. The van der Waals surface area contributed by atoms with Crippen molar-refractivity contribution in [2.24, 2.45) is 0 Å². The van der Waals surface area contributed by atoms with E-state index in [2.05, 4.69) is 15.3 Å². The standard InChI is InChI=1S/C16H14N4O4S/c1-3-24-16(21)13-9(2)12-14(17-8-18-15(12)25-13)19-10-4-6-11(7-5-10)20(22)23/h4-8H,3H2,1-2H3,(H,17,18,19). The molecule has 0 saturated carbocycles. The van der Waals surface area contributed by atoms with E-state index in [1.54, 1.807) is 19.1 Å². The van der Waals surface area contributed by atoms with E-state index in [0.29, 0.717) is 27.8 Å². The van der Waals surface area contributed by atoms with E-state index in [-0.39, 0.29) is 11.7 Å². The Morgan fingerprint density at radius 3 is 2.68 bits per heavy atom. The Labute approximate surface area is 146 Å². The maximum absolute atomic E-state index is 12.1. The second-order valence-electron chi connectivity index (χ2n) is 5.11. The number of rotatable bonds is 5. The van der Waals surface area contributed by atoms with Crippen molar-refractivity contribution in [3.05, 3.63) is 51.1 Å². The number of aryl methyl sites for hydroxylation is 1. The fourth-order valence-corrected chi connectivity index (χ4v) is 3.40. The lowest BCUT2D eigenvalue weighted by molar-refractivity contribution is -0.384. The zero-order chi connectivity index (χ0) is 18.0. The molecule has 0 spiro atoms. The van der Waals surface area contributed by atoms with E-state index in [1.165, 1.54) is 29.8 Å². The molecule has 8 nitrogen and oxygen atoms in total. The molecule has 0 aliphatic carbocycles. The summed E-state index contributed by atoms with van der Waals surface area (Å²) < 4.78 is 5.07. The van der Waals surface area contributed by atoms with Crippen LogP contribution in [0.1, 0.15) is 22.2 Å². The number of nitro groups is 1. The third-order valence-electron chi connectivity index (χ3n) is 3.53. The Morgan fingerprint density at radius 1 is 1.32 bits per heavy atom. The Bertz CT molecular complexity index is 953. The molecule has 25 heavy (non-hydrogen) atoms. The van der Waals surface area contributed by atoms with Crippen molar-refractivity contribution in [2.75, 3.05) is 11.9 Å². The van der Waals surface area contributed by atoms with Gasteiger partial charge in [0.25, 0.3) is 5.69 Å². The van der Waals surface area contributed by atoms with Gasteiger partial charge in [-0.05, 0) is 31.5 Å². The number of fused-ring (bicyclic) bond motifs is 1. The van der Waals surface area contributed by atoms with Gasteiger partial charge in [0, 0.05) is 17.8 Å². The number of esters is 1. The summed E-state index contributed by atoms with van der Waals surface area (Å²) in [5, 5.41) is 14.6. The predicted octanol–water partition coefficient (Wildman–Crippen LogP) is 3.83. The number of nitrogens with zero attached hydrogens (tertiary/aromatic N) is 3. The molecule has 3 aromatic rings. The van der Waals surface area contributed by atoms with Gasteiger partial charge in [0.15, 0.2) is 0 Å². The minimum atomic E-state index is -0.457. The van der Waals surface area contributed by atoms with E-state index in [4.69, 9.17) is 4.74 Å². The maximum Gasteiger partial charge on any atom is 0.348 e. The molecule has 9 heteroatoms. The summed E-state index contributed by atoms with van der Waals surface area (Å²) in [6, 6.07) is 6.01. The number of anilines is 2. The summed E-state index contributed by atoms with van der Waals surface area (Å²) in [6.07, 6.45) is 1.40. The molecule has 2 aromatic heterocycles. The van der Waals surface area contributed by atoms with Gasteiger partial charge in [-0.2, -0.15) is 0 Å². The first-order valence-corrected chi connectivity index (χ1v) is 8.25. The molecule has 0 unspecified atom stereocenters. The monoisotopic (exact) mass is 358 g/mol. The number of carbonyl (C=O) groups is 1. The Hall–Kier alpha value is -3.07. The van der Waals surface area contributed by atoms with Crippen molar-refractivity contribution in [3.63, 3.8) is 0 Å². The number of nitrogens with one attached hydrogen (secondary N) is 1. The number of benzene rings is 1. The first-order valence-electron chi connectivity index (χ1n) is 7.44.